The molecule has 5 heteroatoms. The van der Waals surface area contributed by atoms with Crippen LogP contribution >= 0.6 is 0 Å². The maximum atomic E-state index is 11.0. The van der Waals surface area contributed by atoms with Gasteiger partial charge in [0.05, 0.1) is 11.3 Å². The van der Waals surface area contributed by atoms with Crippen molar-refractivity contribution in [3.63, 3.8) is 0 Å². The number of anilines is 2. The second-order valence-electron chi connectivity index (χ2n) is 5.09. The Morgan fingerprint density at radius 1 is 1.50 bits per heavy atom. The largest absolute Gasteiger partial charge is 0.478 e. The Balaban J connectivity index is 2.29. The number of hydrogen-bond donors (Lipinski definition) is 2. The van der Waals surface area contributed by atoms with Crippen LogP contribution < -0.4 is 10.6 Å². The molecule has 2 unspecified atom stereocenters. The SMILES string of the molecule is CC1CCN(c2nccc(C(=O)O)c2N)CC1C. The lowest BCUT2D eigenvalue weighted by atomic mass is 9.88. The predicted octanol–water partition coefficient (Wildman–Crippen LogP) is 1.84. The number of carbonyl (C=O) groups is 1. The van der Waals surface area contributed by atoms with E-state index in [2.05, 4.69) is 23.7 Å². The Morgan fingerprint density at radius 3 is 2.83 bits per heavy atom. The third kappa shape index (κ3) is 2.25. The highest BCUT2D eigenvalue weighted by atomic mass is 16.4. The molecule has 98 valence electrons. The Bertz CT molecular complexity index is 462. The van der Waals surface area contributed by atoms with Gasteiger partial charge in [-0.15, -0.1) is 0 Å². The van der Waals surface area contributed by atoms with Crippen molar-refractivity contribution < 1.29 is 9.90 Å². The number of hydrogen-bond acceptors (Lipinski definition) is 4. The molecule has 3 N–H and O–H groups in total. The number of rotatable bonds is 2. The molecule has 18 heavy (non-hydrogen) atoms. The van der Waals surface area contributed by atoms with Gasteiger partial charge in [0.15, 0.2) is 5.82 Å². The van der Waals surface area contributed by atoms with Gasteiger partial charge in [-0.3, -0.25) is 0 Å². The molecule has 0 bridgehead atoms. The molecule has 0 spiro atoms. The summed E-state index contributed by atoms with van der Waals surface area (Å²) in [5.74, 6) is 0.849. The van der Waals surface area contributed by atoms with Crippen molar-refractivity contribution in [3.8, 4) is 0 Å². The Hall–Kier alpha value is -1.78. The number of aromatic nitrogens is 1. The zero-order valence-corrected chi connectivity index (χ0v) is 10.8. The minimum absolute atomic E-state index is 0.131. The van der Waals surface area contributed by atoms with Crippen molar-refractivity contribution in [2.24, 2.45) is 11.8 Å². The van der Waals surface area contributed by atoms with Crippen molar-refractivity contribution in [1.82, 2.24) is 4.98 Å². The van der Waals surface area contributed by atoms with Crippen LogP contribution in [0.1, 0.15) is 30.6 Å². The van der Waals surface area contributed by atoms with E-state index in [1.165, 1.54) is 12.3 Å². The summed E-state index contributed by atoms with van der Waals surface area (Å²) in [5.41, 5.74) is 6.31. The van der Waals surface area contributed by atoms with Gasteiger partial charge in [-0.2, -0.15) is 0 Å². The first-order valence-corrected chi connectivity index (χ1v) is 6.23. The molecule has 1 aliphatic rings. The highest BCUT2D eigenvalue weighted by Gasteiger charge is 2.25. The van der Waals surface area contributed by atoms with Gasteiger partial charge < -0.3 is 15.7 Å². The number of piperidine rings is 1. The van der Waals surface area contributed by atoms with Gasteiger partial charge in [-0.25, -0.2) is 9.78 Å². The first-order chi connectivity index (χ1) is 8.50. The lowest BCUT2D eigenvalue weighted by Crippen LogP contribution is -2.39. The number of carboxylic acids is 1. The van der Waals surface area contributed by atoms with E-state index >= 15 is 0 Å². The average Bonchev–Trinajstić information content (AvgIpc) is 2.33. The number of carboxylic acid groups (broad SMARTS) is 1. The van der Waals surface area contributed by atoms with Crippen LogP contribution in [0.25, 0.3) is 0 Å². The summed E-state index contributed by atoms with van der Waals surface area (Å²) in [6.07, 6.45) is 2.59. The van der Waals surface area contributed by atoms with E-state index in [1.54, 1.807) is 0 Å². The molecule has 5 nitrogen and oxygen atoms in total. The molecule has 1 aliphatic heterocycles. The maximum absolute atomic E-state index is 11.0. The number of nitrogen functional groups attached to an aromatic ring is 1. The van der Waals surface area contributed by atoms with Crippen LogP contribution in [0.3, 0.4) is 0 Å². The van der Waals surface area contributed by atoms with Crippen molar-refractivity contribution in [2.75, 3.05) is 23.7 Å². The van der Waals surface area contributed by atoms with E-state index in [1.807, 2.05) is 0 Å². The molecular weight excluding hydrogens is 230 g/mol. The van der Waals surface area contributed by atoms with Crippen LogP contribution in [-0.4, -0.2) is 29.1 Å². The molecule has 1 fully saturated rings. The quantitative estimate of drug-likeness (QED) is 0.836. The van der Waals surface area contributed by atoms with Crippen LogP contribution in [0.4, 0.5) is 11.5 Å². The lowest BCUT2D eigenvalue weighted by molar-refractivity contribution is 0.0698. The number of nitrogens with zero attached hydrogens (tertiary/aromatic N) is 2. The summed E-state index contributed by atoms with van der Waals surface area (Å²) in [4.78, 5) is 17.4. The zero-order chi connectivity index (χ0) is 13.3. The molecule has 0 amide bonds. The smallest absolute Gasteiger partial charge is 0.337 e. The highest BCUT2D eigenvalue weighted by Crippen LogP contribution is 2.30. The fraction of sp³-hybridized carbons (Fsp3) is 0.538. The van der Waals surface area contributed by atoms with Crippen LogP contribution in [-0.2, 0) is 0 Å². The highest BCUT2D eigenvalue weighted by molar-refractivity contribution is 5.96. The normalized spacial score (nSPS) is 24.0. The summed E-state index contributed by atoms with van der Waals surface area (Å²) in [6, 6.07) is 1.44. The maximum Gasteiger partial charge on any atom is 0.337 e. The van der Waals surface area contributed by atoms with Gasteiger partial charge in [-0.05, 0) is 24.3 Å². The summed E-state index contributed by atoms with van der Waals surface area (Å²) in [7, 11) is 0. The van der Waals surface area contributed by atoms with E-state index in [4.69, 9.17) is 10.8 Å². The van der Waals surface area contributed by atoms with E-state index in [9.17, 15) is 4.79 Å². The fourth-order valence-electron chi connectivity index (χ4n) is 2.36. The molecule has 1 aromatic rings. The minimum Gasteiger partial charge on any atom is -0.478 e. The molecule has 0 radical (unpaired) electrons. The van der Waals surface area contributed by atoms with Crippen LogP contribution in [0.2, 0.25) is 0 Å². The average molecular weight is 249 g/mol. The van der Waals surface area contributed by atoms with Crippen LogP contribution in [0.15, 0.2) is 12.3 Å². The third-order valence-corrected chi connectivity index (χ3v) is 3.83. The zero-order valence-electron chi connectivity index (χ0n) is 10.8. The van der Waals surface area contributed by atoms with E-state index in [-0.39, 0.29) is 11.3 Å². The molecule has 0 saturated carbocycles. The monoisotopic (exact) mass is 249 g/mol. The molecule has 1 aromatic heterocycles. The van der Waals surface area contributed by atoms with Gasteiger partial charge in [0, 0.05) is 19.3 Å². The summed E-state index contributed by atoms with van der Waals surface area (Å²) < 4.78 is 0. The fourth-order valence-corrected chi connectivity index (χ4v) is 2.36. The molecule has 1 saturated heterocycles. The van der Waals surface area contributed by atoms with E-state index in [0.717, 1.165) is 19.5 Å². The summed E-state index contributed by atoms with van der Waals surface area (Å²) in [5, 5.41) is 9.06. The number of aromatic carboxylic acids is 1. The second kappa shape index (κ2) is 4.84. The standard InChI is InChI=1S/C13H19N3O2/c1-8-4-6-16(7-9(8)2)12-11(14)10(13(17)18)3-5-15-12/h3,5,8-9H,4,6-7,14H2,1-2H3,(H,17,18). The van der Waals surface area contributed by atoms with Crippen molar-refractivity contribution in [3.05, 3.63) is 17.8 Å². The molecular formula is C13H19N3O2. The van der Waals surface area contributed by atoms with Gasteiger partial charge in [0.25, 0.3) is 0 Å². The molecule has 2 rings (SSSR count). The lowest BCUT2D eigenvalue weighted by Gasteiger charge is -2.36. The second-order valence-corrected chi connectivity index (χ2v) is 5.09. The van der Waals surface area contributed by atoms with Crippen molar-refractivity contribution in [1.29, 1.82) is 0 Å². The molecule has 0 aliphatic carbocycles. The molecule has 0 aromatic carbocycles. The van der Waals surface area contributed by atoms with Crippen LogP contribution in [0, 0.1) is 11.8 Å². The number of nitrogens with two attached hydrogens (primary N) is 1. The van der Waals surface area contributed by atoms with Gasteiger partial charge >= 0.3 is 5.97 Å². The van der Waals surface area contributed by atoms with E-state index in [0.29, 0.717) is 17.7 Å². The van der Waals surface area contributed by atoms with Gasteiger partial charge in [0.1, 0.15) is 0 Å². The minimum atomic E-state index is -1.01. The molecule has 2 atom stereocenters. The predicted molar refractivity (Wildman–Crippen MR) is 70.8 cm³/mol. The van der Waals surface area contributed by atoms with E-state index < -0.39 is 5.97 Å². The topological polar surface area (TPSA) is 79.5 Å². The number of pyridine rings is 1. The van der Waals surface area contributed by atoms with Crippen molar-refractivity contribution >= 4 is 17.5 Å². The first kappa shape index (κ1) is 12.7. The first-order valence-electron chi connectivity index (χ1n) is 6.23. The van der Waals surface area contributed by atoms with Crippen LogP contribution in [0.5, 0.6) is 0 Å². The molecule has 2 heterocycles. The van der Waals surface area contributed by atoms with Gasteiger partial charge in [-0.1, -0.05) is 13.8 Å². The Kier molecular flexibility index (Phi) is 3.41. The third-order valence-electron chi connectivity index (χ3n) is 3.83. The Morgan fingerprint density at radius 2 is 2.22 bits per heavy atom. The Labute approximate surface area is 107 Å². The van der Waals surface area contributed by atoms with Crippen molar-refractivity contribution in [2.45, 2.75) is 20.3 Å². The van der Waals surface area contributed by atoms with Gasteiger partial charge in [0.2, 0.25) is 0 Å². The summed E-state index contributed by atoms with van der Waals surface area (Å²) >= 11 is 0. The summed E-state index contributed by atoms with van der Waals surface area (Å²) in [6.45, 7) is 6.20.